The van der Waals surface area contributed by atoms with Crippen molar-refractivity contribution in [1.29, 1.82) is 0 Å². The Hall–Kier alpha value is -1.20. The van der Waals surface area contributed by atoms with Crippen LogP contribution in [0, 0.1) is 12.7 Å². The molecule has 0 aliphatic carbocycles. The fourth-order valence-electron chi connectivity index (χ4n) is 1.17. The lowest BCUT2D eigenvalue weighted by Crippen LogP contribution is -1.94. The molecule has 0 saturated carbocycles. The molecule has 1 aromatic heterocycles. The Morgan fingerprint density at radius 3 is 2.82 bits per heavy atom. The summed E-state index contributed by atoms with van der Waals surface area (Å²) in [5.41, 5.74) is 0.634. The van der Waals surface area contributed by atoms with E-state index in [1.54, 1.807) is 6.92 Å². The molecule has 2 rings (SSSR count). The number of hydrogen-bond donors (Lipinski definition) is 0. The van der Waals surface area contributed by atoms with Crippen LogP contribution in [-0.2, 0) is 0 Å². The zero-order chi connectivity index (χ0) is 12.4. The zero-order valence-electron chi connectivity index (χ0n) is 8.75. The first kappa shape index (κ1) is 12.3. The van der Waals surface area contributed by atoms with Gasteiger partial charge in [0, 0.05) is 5.56 Å². The molecule has 0 saturated heterocycles. The Morgan fingerprint density at radius 1 is 1.35 bits per heavy atom. The molecule has 2 aromatic rings. The Balaban J connectivity index is 2.31. The van der Waals surface area contributed by atoms with Crippen molar-refractivity contribution in [1.82, 2.24) is 9.97 Å². The lowest BCUT2D eigenvalue weighted by Gasteiger charge is -2.08. The van der Waals surface area contributed by atoms with Gasteiger partial charge in [-0.3, -0.25) is 0 Å². The van der Waals surface area contributed by atoms with Crippen molar-refractivity contribution >= 4 is 27.5 Å². The maximum absolute atomic E-state index is 13.0. The summed E-state index contributed by atoms with van der Waals surface area (Å²) in [6, 6.07) is 4.33. The van der Waals surface area contributed by atoms with E-state index in [2.05, 4.69) is 25.9 Å². The summed E-state index contributed by atoms with van der Waals surface area (Å²) in [6.45, 7) is 1.75. The zero-order valence-corrected chi connectivity index (χ0v) is 11.1. The van der Waals surface area contributed by atoms with Gasteiger partial charge >= 0.3 is 0 Å². The van der Waals surface area contributed by atoms with Gasteiger partial charge in [-0.05, 0) is 41.1 Å². The van der Waals surface area contributed by atoms with E-state index in [4.69, 9.17) is 16.3 Å². The summed E-state index contributed by atoms with van der Waals surface area (Å²) in [4.78, 5) is 7.78. The molecule has 0 spiro atoms. The first-order valence-electron chi connectivity index (χ1n) is 4.68. The minimum absolute atomic E-state index is 0.327. The maximum atomic E-state index is 13.0. The van der Waals surface area contributed by atoms with Gasteiger partial charge in [0.1, 0.15) is 23.0 Å². The number of aromatic nitrogens is 2. The standard InChI is InChI=1S/C11H7BrClFN2O/c1-6-10(13)15-5-16-11(6)17-7-2-3-9(14)8(12)4-7/h2-5H,1H3. The second kappa shape index (κ2) is 4.98. The predicted molar refractivity (Wildman–Crippen MR) is 66.0 cm³/mol. The molecule has 0 aliphatic rings. The first-order valence-corrected chi connectivity index (χ1v) is 5.85. The van der Waals surface area contributed by atoms with E-state index in [1.807, 2.05) is 0 Å². The molecule has 1 aromatic carbocycles. The molecule has 0 atom stereocenters. The van der Waals surface area contributed by atoms with Crippen molar-refractivity contribution in [2.45, 2.75) is 6.92 Å². The van der Waals surface area contributed by atoms with Gasteiger partial charge in [-0.25, -0.2) is 14.4 Å². The lowest BCUT2D eigenvalue weighted by molar-refractivity contribution is 0.455. The van der Waals surface area contributed by atoms with E-state index in [0.29, 0.717) is 26.8 Å². The molecule has 88 valence electrons. The van der Waals surface area contributed by atoms with Crippen LogP contribution in [0.2, 0.25) is 5.15 Å². The van der Waals surface area contributed by atoms with E-state index in [1.165, 1.54) is 24.5 Å². The monoisotopic (exact) mass is 316 g/mol. The van der Waals surface area contributed by atoms with Gasteiger partial charge in [0.15, 0.2) is 0 Å². The quantitative estimate of drug-likeness (QED) is 0.781. The van der Waals surface area contributed by atoms with Crippen molar-refractivity contribution in [3.63, 3.8) is 0 Å². The third kappa shape index (κ3) is 2.73. The summed E-state index contributed by atoms with van der Waals surface area (Å²) < 4.78 is 18.9. The average molecular weight is 318 g/mol. The minimum atomic E-state index is -0.352. The van der Waals surface area contributed by atoms with Crippen molar-refractivity contribution in [2.24, 2.45) is 0 Å². The molecule has 6 heteroatoms. The number of ether oxygens (including phenoxy) is 1. The van der Waals surface area contributed by atoms with Gasteiger partial charge in [0.05, 0.1) is 4.47 Å². The smallest absolute Gasteiger partial charge is 0.226 e. The van der Waals surface area contributed by atoms with Crippen molar-refractivity contribution < 1.29 is 9.13 Å². The van der Waals surface area contributed by atoms with E-state index in [9.17, 15) is 4.39 Å². The van der Waals surface area contributed by atoms with Crippen LogP contribution in [0.15, 0.2) is 29.0 Å². The number of benzene rings is 1. The molecule has 17 heavy (non-hydrogen) atoms. The molecule has 0 unspecified atom stereocenters. The van der Waals surface area contributed by atoms with Crippen LogP contribution in [0.3, 0.4) is 0 Å². The molecular formula is C11H7BrClFN2O. The summed E-state index contributed by atoms with van der Waals surface area (Å²) in [6.07, 6.45) is 1.31. The van der Waals surface area contributed by atoms with Crippen LogP contribution in [0.1, 0.15) is 5.56 Å². The van der Waals surface area contributed by atoms with E-state index in [-0.39, 0.29) is 5.82 Å². The Kier molecular flexibility index (Phi) is 3.59. The van der Waals surface area contributed by atoms with Crippen molar-refractivity contribution in [3.8, 4) is 11.6 Å². The maximum Gasteiger partial charge on any atom is 0.226 e. The van der Waals surface area contributed by atoms with Crippen LogP contribution in [0.4, 0.5) is 4.39 Å². The third-order valence-corrected chi connectivity index (χ3v) is 3.07. The van der Waals surface area contributed by atoms with Crippen LogP contribution in [0.25, 0.3) is 0 Å². The Morgan fingerprint density at radius 2 is 2.12 bits per heavy atom. The van der Waals surface area contributed by atoms with E-state index in [0.717, 1.165) is 0 Å². The fourth-order valence-corrected chi connectivity index (χ4v) is 1.65. The Labute approximate surface area is 111 Å². The minimum Gasteiger partial charge on any atom is -0.439 e. The number of nitrogens with zero attached hydrogens (tertiary/aromatic N) is 2. The summed E-state index contributed by atoms with van der Waals surface area (Å²) >= 11 is 8.91. The fraction of sp³-hybridized carbons (Fsp3) is 0.0909. The molecule has 0 bridgehead atoms. The van der Waals surface area contributed by atoms with Gasteiger partial charge in [-0.2, -0.15) is 0 Å². The topological polar surface area (TPSA) is 35.0 Å². The number of halogens is 3. The van der Waals surface area contributed by atoms with Gasteiger partial charge < -0.3 is 4.74 Å². The second-order valence-electron chi connectivity index (χ2n) is 3.27. The highest BCUT2D eigenvalue weighted by Gasteiger charge is 2.08. The van der Waals surface area contributed by atoms with Crippen LogP contribution in [0.5, 0.6) is 11.6 Å². The highest BCUT2D eigenvalue weighted by Crippen LogP contribution is 2.28. The lowest BCUT2D eigenvalue weighted by atomic mass is 10.3. The summed E-state index contributed by atoms with van der Waals surface area (Å²) in [5.74, 6) is 0.467. The predicted octanol–water partition coefficient (Wildman–Crippen LogP) is 4.13. The Bertz CT molecular complexity index is 565. The molecule has 3 nitrogen and oxygen atoms in total. The highest BCUT2D eigenvalue weighted by atomic mass is 79.9. The van der Waals surface area contributed by atoms with Crippen molar-refractivity contribution in [3.05, 3.63) is 45.5 Å². The van der Waals surface area contributed by atoms with Gasteiger partial charge in [0.25, 0.3) is 0 Å². The summed E-state index contributed by atoms with van der Waals surface area (Å²) in [7, 11) is 0. The molecular weight excluding hydrogens is 310 g/mol. The summed E-state index contributed by atoms with van der Waals surface area (Å²) in [5, 5.41) is 0.330. The average Bonchev–Trinajstić information content (AvgIpc) is 2.30. The van der Waals surface area contributed by atoms with Gasteiger partial charge in [-0.1, -0.05) is 11.6 Å². The highest BCUT2D eigenvalue weighted by molar-refractivity contribution is 9.10. The largest absolute Gasteiger partial charge is 0.439 e. The number of hydrogen-bond acceptors (Lipinski definition) is 3. The van der Waals surface area contributed by atoms with Crippen molar-refractivity contribution in [2.75, 3.05) is 0 Å². The van der Waals surface area contributed by atoms with Gasteiger partial charge in [0.2, 0.25) is 5.88 Å². The van der Waals surface area contributed by atoms with Crippen LogP contribution >= 0.6 is 27.5 Å². The SMILES string of the molecule is Cc1c(Cl)ncnc1Oc1ccc(F)c(Br)c1. The molecule has 0 amide bonds. The third-order valence-electron chi connectivity index (χ3n) is 2.08. The molecule has 1 heterocycles. The molecule has 0 aliphatic heterocycles. The molecule has 0 radical (unpaired) electrons. The van der Waals surface area contributed by atoms with Crippen LogP contribution < -0.4 is 4.74 Å². The normalized spacial score (nSPS) is 10.4. The number of rotatable bonds is 2. The first-order chi connectivity index (χ1) is 8.08. The van der Waals surface area contributed by atoms with E-state index >= 15 is 0 Å². The second-order valence-corrected chi connectivity index (χ2v) is 4.48. The van der Waals surface area contributed by atoms with E-state index < -0.39 is 0 Å². The molecule has 0 fully saturated rings. The molecule has 0 N–H and O–H groups in total. The van der Waals surface area contributed by atoms with Crippen LogP contribution in [-0.4, -0.2) is 9.97 Å². The van der Waals surface area contributed by atoms with Gasteiger partial charge in [-0.15, -0.1) is 0 Å².